The average Bonchev–Trinajstić information content (AvgIpc) is 2.95. The Labute approximate surface area is 127 Å². The van der Waals surface area contributed by atoms with Gasteiger partial charge < -0.3 is 13.9 Å². The Morgan fingerprint density at radius 3 is 2.52 bits per heavy atom. The Kier molecular flexibility index (Phi) is 4.94. The molecule has 0 saturated heterocycles. The predicted octanol–water partition coefficient (Wildman–Crippen LogP) is 3.19. The van der Waals surface area contributed by atoms with Gasteiger partial charge >= 0.3 is 11.9 Å². The van der Waals surface area contributed by atoms with E-state index in [4.69, 9.17) is 13.9 Å². The summed E-state index contributed by atoms with van der Waals surface area (Å²) in [6, 6.07) is 9.46. The highest BCUT2D eigenvalue weighted by Gasteiger charge is 2.18. The van der Waals surface area contributed by atoms with Crippen molar-refractivity contribution in [2.45, 2.75) is 0 Å². The lowest BCUT2D eigenvalue weighted by Gasteiger charge is -2.06. The van der Waals surface area contributed by atoms with Gasteiger partial charge in [-0.05, 0) is 30.3 Å². The molecule has 2 aromatic rings. The molecule has 0 aliphatic carbocycles. The quantitative estimate of drug-likeness (QED) is 0.342. The molecule has 0 atom stereocenters. The molecule has 0 fully saturated rings. The SMILES string of the molecule is O=C(OCCOc1ccc(Br)cc1)c1ccc([N+](=O)[O-])o1. The van der Waals surface area contributed by atoms with E-state index >= 15 is 0 Å². The highest BCUT2D eigenvalue weighted by atomic mass is 79.9. The van der Waals surface area contributed by atoms with Crippen molar-refractivity contribution in [2.24, 2.45) is 0 Å². The molecule has 0 bridgehead atoms. The van der Waals surface area contributed by atoms with Crippen molar-refractivity contribution in [1.29, 1.82) is 0 Å². The third-order valence-corrected chi connectivity index (χ3v) is 2.90. The fraction of sp³-hybridized carbons (Fsp3) is 0.154. The van der Waals surface area contributed by atoms with Gasteiger partial charge in [-0.2, -0.15) is 0 Å². The van der Waals surface area contributed by atoms with Gasteiger partial charge in [-0.1, -0.05) is 15.9 Å². The molecule has 0 unspecified atom stereocenters. The minimum Gasteiger partial charge on any atom is -0.490 e. The summed E-state index contributed by atoms with van der Waals surface area (Å²) < 4.78 is 15.9. The van der Waals surface area contributed by atoms with Crippen LogP contribution in [0.15, 0.2) is 45.3 Å². The van der Waals surface area contributed by atoms with Crippen molar-refractivity contribution < 1.29 is 23.6 Å². The fourth-order valence-corrected chi connectivity index (χ4v) is 1.70. The molecule has 0 spiro atoms. The normalized spacial score (nSPS) is 10.1. The molecule has 8 heteroatoms. The molecule has 1 heterocycles. The Bertz CT molecular complexity index is 636. The maximum Gasteiger partial charge on any atom is 0.433 e. The van der Waals surface area contributed by atoms with Gasteiger partial charge in [-0.25, -0.2) is 4.79 Å². The second-order valence-corrected chi connectivity index (χ2v) is 4.75. The number of nitrogens with zero attached hydrogens (tertiary/aromatic N) is 1. The maximum absolute atomic E-state index is 11.5. The summed E-state index contributed by atoms with van der Waals surface area (Å²) in [7, 11) is 0. The van der Waals surface area contributed by atoms with E-state index in [9.17, 15) is 14.9 Å². The van der Waals surface area contributed by atoms with Crippen molar-refractivity contribution >= 4 is 27.8 Å². The summed E-state index contributed by atoms with van der Waals surface area (Å²) in [5.74, 6) is -0.858. The largest absolute Gasteiger partial charge is 0.490 e. The van der Waals surface area contributed by atoms with Gasteiger partial charge in [-0.3, -0.25) is 10.1 Å². The monoisotopic (exact) mass is 355 g/mol. The first-order valence-electron chi connectivity index (χ1n) is 5.86. The molecule has 0 amide bonds. The number of hydrogen-bond acceptors (Lipinski definition) is 6. The number of rotatable bonds is 6. The molecule has 0 aliphatic rings. The van der Waals surface area contributed by atoms with Crippen molar-refractivity contribution in [3.63, 3.8) is 0 Å². The third-order valence-electron chi connectivity index (χ3n) is 2.37. The summed E-state index contributed by atoms with van der Waals surface area (Å²) in [4.78, 5) is 21.2. The summed E-state index contributed by atoms with van der Waals surface area (Å²) >= 11 is 3.30. The lowest BCUT2D eigenvalue weighted by Crippen LogP contribution is -2.11. The molecule has 0 N–H and O–H groups in total. The van der Waals surface area contributed by atoms with Crippen LogP contribution in [0.2, 0.25) is 0 Å². The molecule has 1 aromatic heterocycles. The van der Waals surface area contributed by atoms with Crippen molar-refractivity contribution in [3.8, 4) is 5.75 Å². The zero-order chi connectivity index (χ0) is 15.2. The number of ether oxygens (including phenoxy) is 2. The van der Waals surface area contributed by atoms with E-state index in [0.717, 1.165) is 10.5 Å². The van der Waals surface area contributed by atoms with Crippen LogP contribution in [0, 0.1) is 10.1 Å². The van der Waals surface area contributed by atoms with Gasteiger partial charge in [0.15, 0.2) is 0 Å². The van der Waals surface area contributed by atoms with E-state index in [-0.39, 0.29) is 19.0 Å². The molecule has 0 saturated carbocycles. The summed E-state index contributed by atoms with van der Waals surface area (Å²) in [5.41, 5.74) is 0. The number of esters is 1. The van der Waals surface area contributed by atoms with E-state index < -0.39 is 16.8 Å². The second kappa shape index (κ2) is 6.89. The van der Waals surface area contributed by atoms with Gasteiger partial charge in [-0.15, -0.1) is 0 Å². The zero-order valence-electron chi connectivity index (χ0n) is 10.7. The second-order valence-electron chi connectivity index (χ2n) is 3.83. The Hall–Kier alpha value is -2.35. The molecule has 2 rings (SSSR count). The highest BCUT2D eigenvalue weighted by molar-refractivity contribution is 9.10. The Morgan fingerprint density at radius 2 is 1.90 bits per heavy atom. The molecule has 7 nitrogen and oxygen atoms in total. The Morgan fingerprint density at radius 1 is 1.19 bits per heavy atom. The lowest BCUT2D eigenvalue weighted by atomic mass is 10.3. The number of hydrogen-bond donors (Lipinski definition) is 0. The Balaban J connectivity index is 1.76. The van der Waals surface area contributed by atoms with Gasteiger partial charge in [0.25, 0.3) is 0 Å². The van der Waals surface area contributed by atoms with Crippen LogP contribution in [0.5, 0.6) is 5.75 Å². The van der Waals surface area contributed by atoms with Crippen LogP contribution in [-0.4, -0.2) is 24.1 Å². The van der Waals surface area contributed by atoms with Gasteiger partial charge in [0.1, 0.15) is 23.9 Å². The molecule has 0 radical (unpaired) electrons. The van der Waals surface area contributed by atoms with Gasteiger partial charge in [0.05, 0.1) is 6.07 Å². The first-order chi connectivity index (χ1) is 10.1. The van der Waals surface area contributed by atoms with Gasteiger partial charge in [0.2, 0.25) is 5.76 Å². The van der Waals surface area contributed by atoms with Crippen LogP contribution in [0.3, 0.4) is 0 Å². The van der Waals surface area contributed by atoms with Crippen LogP contribution >= 0.6 is 15.9 Å². The van der Waals surface area contributed by atoms with E-state index in [1.807, 2.05) is 12.1 Å². The standard InChI is InChI=1S/C13H10BrNO6/c14-9-1-3-10(4-2-9)19-7-8-20-13(16)11-5-6-12(21-11)15(17)18/h1-6H,7-8H2. The van der Waals surface area contributed by atoms with Crippen LogP contribution < -0.4 is 4.74 Å². The number of halogens is 1. The zero-order valence-corrected chi connectivity index (χ0v) is 12.2. The van der Waals surface area contributed by atoms with Crippen LogP contribution in [-0.2, 0) is 4.74 Å². The molecule has 0 aliphatic heterocycles. The van der Waals surface area contributed by atoms with Crippen molar-refractivity contribution in [1.82, 2.24) is 0 Å². The lowest BCUT2D eigenvalue weighted by molar-refractivity contribution is -0.402. The minimum absolute atomic E-state index is 0.00337. The van der Waals surface area contributed by atoms with Crippen LogP contribution in [0.1, 0.15) is 10.6 Å². The first-order valence-corrected chi connectivity index (χ1v) is 6.65. The van der Waals surface area contributed by atoms with Crippen LogP contribution in [0.25, 0.3) is 0 Å². The van der Waals surface area contributed by atoms with Crippen molar-refractivity contribution in [3.05, 3.63) is 56.7 Å². The maximum atomic E-state index is 11.5. The first kappa shape index (κ1) is 15.0. The van der Waals surface area contributed by atoms with E-state index in [2.05, 4.69) is 15.9 Å². The van der Waals surface area contributed by atoms with E-state index in [1.54, 1.807) is 12.1 Å². The number of furan rings is 1. The van der Waals surface area contributed by atoms with E-state index in [0.29, 0.717) is 5.75 Å². The number of carbonyl (C=O) groups excluding carboxylic acids is 1. The number of nitro groups is 1. The summed E-state index contributed by atoms with van der Waals surface area (Å²) in [5, 5.41) is 10.4. The molecular formula is C13H10BrNO6. The summed E-state index contributed by atoms with van der Waals surface area (Å²) in [6.45, 7) is 0.166. The molecular weight excluding hydrogens is 346 g/mol. The van der Waals surface area contributed by atoms with Crippen LogP contribution in [0.4, 0.5) is 5.88 Å². The molecule has 1 aromatic carbocycles. The number of carbonyl (C=O) groups is 1. The number of benzene rings is 1. The molecule has 110 valence electrons. The fourth-order valence-electron chi connectivity index (χ4n) is 1.43. The predicted molar refractivity (Wildman–Crippen MR) is 75.3 cm³/mol. The third kappa shape index (κ3) is 4.32. The van der Waals surface area contributed by atoms with Crippen molar-refractivity contribution in [2.75, 3.05) is 13.2 Å². The summed E-state index contributed by atoms with van der Waals surface area (Å²) in [6.07, 6.45) is 0. The topological polar surface area (TPSA) is 91.8 Å². The van der Waals surface area contributed by atoms with Gasteiger partial charge in [0, 0.05) is 4.47 Å². The minimum atomic E-state index is -0.775. The average molecular weight is 356 g/mol. The van der Waals surface area contributed by atoms with E-state index in [1.165, 1.54) is 6.07 Å². The highest BCUT2D eigenvalue weighted by Crippen LogP contribution is 2.17. The molecule has 21 heavy (non-hydrogen) atoms. The smallest absolute Gasteiger partial charge is 0.433 e.